The van der Waals surface area contributed by atoms with Crippen LogP contribution in [0.15, 0.2) is 188 Å². The maximum Gasteiger partial charge on any atom is 0.0476 e. The van der Waals surface area contributed by atoms with Crippen molar-refractivity contribution >= 4 is 80.1 Å². The molecule has 0 N–H and O–H groups in total. The van der Waals surface area contributed by atoms with Crippen LogP contribution in [0.25, 0.3) is 73.7 Å². The van der Waals surface area contributed by atoms with E-state index in [1.54, 1.807) is 0 Å². The summed E-state index contributed by atoms with van der Waals surface area (Å²) in [6, 6.07) is 68.7. The Morgan fingerprint density at radius 2 is 0.627 bits per heavy atom. The van der Waals surface area contributed by atoms with Crippen molar-refractivity contribution in [1.82, 2.24) is 0 Å². The number of hydrogen-bond donors (Lipinski definition) is 0. The standard InChI is InChI=1S/C48H31NS2/c1-3-11-32(12-4-1)35-27-36(33-13-5-2-6-14-33)29-37(28-35)34-19-21-38(22-20-34)49(39-23-25-43-41-15-7-9-17-45(41)50-47(43)30-39)40-24-26-44-42-16-8-10-18-46(42)51-48(44)31-40/h1-31H. The number of anilines is 3. The third-order valence-corrected chi connectivity index (χ3v) is 12.1. The van der Waals surface area contributed by atoms with Gasteiger partial charge < -0.3 is 4.90 Å². The van der Waals surface area contributed by atoms with Gasteiger partial charge in [-0.05, 0) is 100 Å². The zero-order valence-electron chi connectivity index (χ0n) is 27.7. The van der Waals surface area contributed by atoms with Crippen LogP contribution in [0.5, 0.6) is 0 Å². The Labute approximate surface area is 304 Å². The van der Waals surface area contributed by atoms with E-state index in [-0.39, 0.29) is 0 Å². The van der Waals surface area contributed by atoms with Gasteiger partial charge in [0.2, 0.25) is 0 Å². The van der Waals surface area contributed by atoms with Gasteiger partial charge in [0, 0.05) is 57.4 Å². The van der Waals surface area contributed by atoms with Gasteiger partial charge in [0.1, 0.15) is 0 Å². The van der Waals surface area contributed by atoms with E-state index < -0.39 is 0 Å². The van der Waals surface area contributed by atoms with Gasteiger partial charge >= 0.3 is 0 Å². The molecule has 0 spiro atoms. The normalized spacial score (nSPS) is 11.5. The lowest BCUT2D eigenvalue weighted by molar-refractivity contribution is 1.30. The molecule has 8 aromatic carbocycles. The molecule has 0 saturated heterocycles. The van der Waals surface area contributed by atoms with Crippen molar-refractivity contribution in [3.05, 3.63) is 188 Å². The molecule has 0 aliphatic heterocycles. The Morgan fingerprint density at radius 1 is 0.255 bits per heavy atom. The summed E-state index contributed by atoms with van der Waals surface area (Å²) in [5.41, 5.74) is 10.7. The van der Waals surface area contributed by atoms with Gasteiger partial charge in [0.15, 0.2) is 0 Å². The third-order valence-electron chi connectivity index (χ3n) is 9.85. The molecule has 0 fully saturated rings. The second-order valence-corrected chi connectivity index (χ2v) is 15.1. The Hall–Kier alpha value is -6.00. The molecule has 0 unspecified atom stereocenters. The molecule has 3 heteroatoms. The minimum atomic E-state index is 1.13. The van der Waals surface area contributed by atoms with E-state index in [0.717, 1.165) is 17.1 Å². The Morgan fingerprint density at radius 3 is 1.10 bits per heavy atom. The number of fused-ring (bicyclic) bond motifs is 6. The van der Waals surface area contributed by atoms with Crippen molar-refractivity contribution in [2.75, 3.05) is 4.90 Å². The molecule has 240 valence electrons. The Bertz CT molecular complexity index is 2680. The summed E-state index contributed by atoms with van der Waals surface area (Å²) >= 11 is 3.73. The van der Waals surface area contributed by atoms with E-state index in [9.17, 15) is 0 Å². The molecule has 0 atom stereocenters. The van der Waals surface area contributed by atoms with Crippen LogP contribution in [0, 0.1) is 0 Å². The van der Waals surface area contributed by atoms with E-state index in [2.05, 4.69) is 193 Å². The highest BCUT2D eigenvalue weighted by Gasteiger charge is 2.17. The molecule has 0 amide bonds. The molecule has 0 saturated carbocycles. The van der Waals surface area contributed by atoms with Crippen LogP contribution in [0.3, 0.4) is 0 Å². The topological polar surface area (TPSA) is 3.24 Å². The van der Waals surface area contributed by atoms with Crippen LogP contribution in [0.4, 0.5) is 17.1 Å². The summed E-state index contributed by atoms with van der Waals surface area (Å²) in [6.45, 7) is 0. The second-order valence-electron chi connectivity index (χ2n) is 13.0. The van der Waals surface area contributed by atoms with Crippen LogP contribution in [-0.4, -0.2) is 0 Å². The lowest BCUT2D eigenvalue weighted by atomic mass is 9.93. The molecule has 0 aliphatic carbocycles. The van der Waals surface area contributed by atoms with Crippen LogP contribution in [0.1, 0.15) is 0 Å². The van der Waals surface area contributed by atoms with Crippen molar-refractivity contribution in [2.24, 2.45) is 0 Å². The van der Waals surface area contributed by atoms with Gasteiger partial charge in [0.05, 0.1) is 0 Å². The van der Waals surface area contributed by atoms with Crippen molar-refractivity contribution in [3.63, 3.8) is 0 Å². The van der Waals surface area contributed by atoms with E-state index in [1.807, 2.05) is 22.7 Å². The lowest BCUT2D eigenvalue weighted by Gasteiger charge is -2.26. The quantitative estimate of drug-likeness (QED) is 0.168. The van der Waals surface area contributed by atoms with Crippen molar-refractivity contribution in [3.8, 4) is 33.4 Å². The molecule has 10 rings (SSSR count). The zero-order chi connectivity index (χ0) is 33.7. The third kappa shape index (κ3) is 5.39. The molecule has 51 heavy (non-hydrogen) atoms. The first-order valence-electron chi connectivity index (χ1n) is 17.2. The Balaban J connectivity index is 1.11. The molecule has 0 radical (unpaired) electrons. The van der Waals surface area contributed by atoms with Crippen LogP contribution >= 0.6 is 22.7 Å². The molecule has 2 aromatic heterocycles. The molecular formula is C48H31NS2. The first kappa shape index (κ1) is 29.9. The number of thiophene rings is 2. The molecule has 10 aromatic rings. The van der Waals surface area contributed by atoms with Gasteiger partial charge in [-0.3, -0.25) is 0 Å². The highest BCUT2D eigenvalue weighted by atomic mass is 32.1. The second kappa shape index (κ2) is 12.4. The SMILES string of the molecule is c1ccc(-c2cc(-c3ccccc3)cc(-c3ccc(N(c4ccc5c(c4)sc4ccccc45)c4ccc5c(c4)sc4ccccc45)cc3)c2)cc1. The predicted octanol–water partition coefficient (Wildman–Crippen LogP) is 14.9. The van der Waals surface area contributed by atoms with Crippen LogP contribution < -0.4 is 4.90 Å². The van der Waals surface area contributed by atoms with Crippen LogP contribution in [0.2, 0.25) is 0 Å². The zero-order valence-corrected chi connectivity index (χ0v) is 29.3. The van der Waals surface area contributed by atoms with Crippen molar-refractivity contribution in [1.29, 1.82) is 0 Å². The first-order chi connectivity index (χ1) is 25.2. The fraction of sp³-hybridized carbons (Fsp3) is 0. The fourth-order valence-corrected chi connectivity index (χ4v) is 9.62. The largest absolute Gasteiger partial charge is 0.310 e. The van der Waals surface area contributed by atoms with E-state index in [4.69, 9.17) is 0 Å². The number of nitrogens with zero attached hydrogens (tertiary/aromatic N) is 1. The maximum atomic E-state index is 2.41. The molecule has 0 aliphatic rings. The maximum absolute atomic E-state index is 2.41. The smallest absolute Gasteiger partial charge is 0.0476 e. The number of benzene rings is 8. The van der Waals surface area contributed by atoms with Gasteiger partial charge in [-0.2, -0.15) is 0 Å². The number of rotatable bonds is 6. The van der Waals surface area contributed by atoms with Gasteiger partial charge in [-0.1, -0.05) is 121 Å². The summed E-state index contributed by atoms with van der Waals surface area (Å²) in [5, 5.41) is 5.25. The summed E-state index contributed by atoms with van der Waals surface area (Å²) in [5.74, 6) is 0. The summed E-state index contributed by atoms with van der Waals surface area (Å²) in [7, 11) is 0. The monoisotopic (exact) mass is 685 g/mol. The first-order valence-corrected chi connectivity index (χ1v) is 18.9. The van der Waals surface area contributed by atoms with E-state index in [0.29, 0.717) is 0 Å². The minimum Gasteiger partial charge on any atom is -0.310 e. The van der Waals surface area contributed by atoms with E-state index in [1.165, 1.54) is 73.7 Å². The average Bonchev–Trinajstić information content (AvgIpc) is 3.76. The molecule has 0 bridgehead atoms. The molecule has 2 heterocycles. The van der Waals surface area contributed by atoms with Gasteiger partial charge in [-0.25, -0.2) is 0 Å². The van der Waals surface area contributed by atoms with Crippen molar-refractivity contribution in [2.45, 2.75) is 0 Å². The minimum absolute atomic E-state index is 1.13. The number of hydrogen-bond acceptors (Lipinski definition) is 3. The molecular weight excluding hydrogens is 655 g/mol. The molecule has 1 nitrogen and oxygen atoms in total. The summed E-state index contributed by atoms with van der Waals surface area (Å²) in [6.07, 6.45) is 0. The lowest BCUT2D eigenvalue weighted by Crippen LogP contribution is -2.09. The van der Waals surface area contributed by atoms with Gasteiger partial charge in [0.25, 0.3) is 0 Å². The van der Waals surface area contributed by atoms with Crippen molar-refractivity contribution < 1.29 is 0 Å². The van der Waals surface area contributed by atoms with Crippen LogP contribution in [-0.2, 0) is 0 Å². The summed E-state index contributed by atoms with van der Waals surface area (Å²) in [4.78, 5) is 2.41. The fourth-order valence-electron chi connectivity index (χ4n) is 7.35. The highest BCUT2D eigenvalue weighted by Crippen LogP contribution is 2.44. The van der Waals surface area contributed by atoms with E-state index >= 15 is 0 Å². The Kier molecular flexibility index (Phi) is 7.26. The summed E-state index contributed by atoms with van der Waals surface area (Å²) < 4.78 is 5.23. The highest BCUT2D eigenvalue weighted by molar-refractivity contribution is 7.26. The van der Waals surface area contributed by atoms with Gasteiger partial charge in [-0.15, -0.1) is 22.7 Å². The predicted molar refractivity (Wildman–Crippen MR) is 223 cm³/mol. The average molecular weight is 686 g/mol.